The molecule has 1 amide bonds. The van der Waals surface area contributed by atoms with Crippen molar-refractivity contribution in [3.05, 3.63) is 28.8 Å². The number of hydrogen-bond acceptors (Lipinski definition) is 3. The molecule has 3 N–H and O–H groups in total. The molecule has 2 rings (SSSR count). The molecule has 1 aromatic carbocycles. The van der Waals surface area contributed by atoms with E-state index in [1.165, 1.54) is 18.2 Å². The second-order valence-electron chi connectivity index (χ2n) is 4.55. The molecule has 0 aliphatic carbocycles. The number of carbonyl (C=O) groups excluding carboxylic acids is 1. The van der Waals surface area contributed by atoms with Crippen molar-refractivity contribution in [1.82, 2.24) is 5.32 Å². The van der Waals surface area contributed by atoms with Gasteiger partial charge in [-0.2, -0.15) is 0 Å². The van der Waals surface area contributed by atoms with Crippen LogP contribution >= 0.6 is 11.6 Å². The summed E-state index contributed by atoms with van der Waals surface area (Å²) in [5, 5.41) is 15.1. The first-order valence-corrected chi connectivity index (χ1v) is 6.50. The van der Waals surface area contributed by atoms with E-state index in [9.17, 15) is 9.59 Å². The van der Waals surface area contributed by atoms with Crippen molar-refractivity contribution in [3.8, 4) is 0 Å². The van der Waals surface area contributed by atoms with Crippen molar-refractivity contribution in [2.24, 2.45) is 0 Å². The van der Waals surface area contributed by atoms with Crippen molar-refractivity contribution < 1.29 is 14.7 Å². The van der Waals surface area contributed by atoms with Crippen LogP contribution < -0.4 is 10.6 Å². The van der Waals surface area contributed by atoms with Crippen LogP contribution in [0.3, 0.4) is 0 Å². The standard InChI is InChI=1S/C13H15ClN2O3/c14-10-4-3-8(13(18)19)6-11(10)16-12(17)7-9-2-1-5-15-9/h3-4,6,9,15H,1-2,5,7H2,(H,16,17)(H,18,19). The fraction of sp³-hybridized carbons (Fsp3) is 0.385. The van der Waals surface area contributed by atoms with Gasteiger partial charge in [0.15, 0.2) is 0 Å². The maximum absolute atomic E-state index is 11.8. The number of rotatable bonds is 4. The molecule has 1 unspecified atom stereocenters. The van der Waals surface area contributed by atoms with Gasteiger partial charge in [-0.25, -0.2) is 4.79 Å². The van der Waals surface area contributed by atoms with E-state index in [2.05, 4.69) is 10.6 Å². The number of amides is 1. The molecule has 6 heteroatoms. The number of hydrogen-bond donors (Lipinski definition) is 3. The molecule has 5 nitrogen and oxygen atoms in total. The second kappa shape index (κ2) is 6.04. The summed E-state index contributed by atoms with van der Waals surface area (Å²) in [6.45, 7) is 0.938. The Labute approximate surface area is 116 Å². The van der Waals surface area contributed by atoms with E-state index in [1.54, 1.807) is 0 Å². The molecule has 1 saturated heterocycles. The lowest BCUT2D eigenvalue weighted by Crippen LogP contribution is -2.27. The van der Waals surface area contributed by atoms with Gasteiger partial charge in [0.1, 0.15) is 0 Å². The largest absolute Gasteiger partial charge is 0.478 e. The molecule has 1 atom stereocenters. The van der Waals surface area contributed by atoms with Gasteiger partial charge in [-0.15, -0.1) is 0 Å². The SMILES string of the molecule is O=C(CC1CCCN1)Nc1cc(C(=O)O)ccc1Cl. The Kier molecular flexibility index (Phi) is 4.39. The van der Waals surface area contributed by atoms with Crippen LogP contribution in [-0.2, 0) is 4.79 Å². The van der Waals surface area contributed by atoms with E-state index < -0.39 is 5.97 Å². The van der Waals surface area contributed by atoms with Crippen molar-refractivity contribution >= 4 is 29.2 Å². The van der Waals surface area contributed by atoms with Crippen molar-refractivity contribution in [3.63, 3.8) is 0 Å². The minimum atomic E-state index is -1.05. The first-order valence-electron chi connectivity index (χ1n) is 6.12. The highest BCUT2D eigenvalue weighted by Gasteiger charge is 2.18. The van der Waals surface area contributed by atoms with E-state index in [4.69, 9.17) is 16.7 Å². The van der Waals surface area contributed by atoms with Crippen LogP contribution in [0.5, 0.6) is 0 Å². The number of carboxylic acid groups (broad SMARTS) is 1. The Morgan fingerprint density at radius 2 is 2.26 bits per heavy atom. The molecule has 1 aromatic rings. The summed E-state index contributed by atoms with van der Waals surface area (Å²) in [7, 11) is 0. The van der Waals surface area contributed by atoms with Gasteiger partial charge in [0.05, 0.1) is 16.3 Å². The Morgan fingerprint density at radius 3 is 2.89 bits per heavy atom. The fourth-order valence-corrected chi connectivity index (χ4v) is 2.27. The van der Waals surface area contributed by atoms with Crippen LogP contribution in [-0.4, -0.2) is 29.6 Å². The van der Waals surface area contributed by atoms with Crippen LogP contribution in [0.2, 0.25) is 5.02 Å². The highest BCUT2D eigenvalue weighted by atomic mass is 35.5. The van der Waals surface area contributed by atoms with E-state index in [-0.39, 0.29) is 17.5 Å². The average molecular weight is 283 g/mol. The van der Waals surface area contributed by atoms with Crippen molar-refractivity contribution in [2.75, 3.05) is 11.9 Å². The second-order valence-corrected chi connectivity index (χ2v) is 4.95. The predicted molar refractivity (Wildman–Crippen MR) is 72.7 cm³/mol. The molecule has 0 bridgehead atoms. The Bertz CT molecular complexity index is 499. The minimum Gasteiger partial charge on any atom is -0.478 e. The van der Waals surface area contributed by atoms with E-state index >= 15 is 0 Å². The molecular weight excluding hydrogens is 268 g/mol. The Balaban J connectivity index is 2.02. The van der Waals surface area contributed by atoms with Crippen LogP contribution in [0.25, 0.3) is 0 Å². The molecule has 1 heterocycles. The summed E-state index contributed by atoms with van der Waals surface area (Å²) >= 11 is 5.94. The molecule has 1 aliphatic heterocycles. The van der Waals surface area contributed by atoms with Crippen LogP contribution in [0.4, 0.5) is 5.69 Å². The molecule has 0 spiro atoms. The van der Waals surface area contributed by atoms with Crippen molar-refractivity contribution in [2.45, 2.75) is 25.3 Å². The van der Waals surface area contributed by atoms with Gasteiger partial charge in [0, 0.05) is 12.5 Å². The third kappa shape index (κ3) is 3.68. The maximum Gasteiger partial charge on any atom is 0.335 e. The summed E-state index contributed by atoms with van der Waals surface area (Å²) in [5.41, 5.74) is 0.434. The highest BCUT2D eigenvalue weighted by molar-refractivity contribution is 6.33. The fourth-order valence-electron chi connectivity index (χ4n) is 2.11. The lowest BCUT2D eigenvalue weighted by atomic mass is 10.1. The number of anilines is 1. The van der Waals surface area contributed by atoms with Crippen molar-refractivity contribution in [1.29, 1.82) is 0 Å². The number of carbonyl (C=O) groups is 2. The molecule has 0 aromatic heterocycles. The summed E-state index contributed by atoms with van der Waals surface area (Å²) < 4.78 is 0. The van der Waals surface area contributed by atoms with E-state index in [0.717, 1.165) is 19.4 Å². The zero-order valence-corrected chi connectivity index (χ0v) is 11.0. The summed E-state index contributed by atoms with van der Waals surface area (Å²) in [6.07, 6.45) is 2.43. The monoisotopic (exact) mass is 282 g/mol. The summed E-state index contributed by atoms with van der Waals surface area (Å²) in [5.74, 6) is -1.21. The van der Waals surface area contributed by atoms with Gasteiger partial charge in [-0.05, 0) is 37.6 Å². The van der Waals surface area contributed by atoms with Crippen LogP contribution in [0, 0.1) is 0 Å². The summed E-state index contributed by atoms with van der Waals surface area (Å²) in [6, 6.07) is 4.43. The minimum absolute atomic E-state index is 0.0960. The molecule has 1 fully saturated rings. The normalized spacial score (nSPS) is 18.3. The molecule has 0 saturated carbocycles. The zero-order chi connectivity index (χ0) is 13.8. The lowest BCUT2D eigenvalue weighted by Gasteiger charge is -2.11. The molecule has 0 radical (unpaired) electrons. The Morgan fingerprint density at radius 1 is 1.47 bits per heavy atom. The highest BCUT2D eigenvalue weighted by Crippen LogP contribution is 2.23. The van der Waals surface area contributed by atoms with Gasteiger partial charge >= 0.3 is 5.97 Å². The third-order valence-electron chi connectivity index (χ3n) is 3.08. The molecule has 102 valence electrons. The third-order valence-corrected chi connectivity index (χ3v) is 3.41. The smallest absolute Gasteiger partial charge is 0.335 e. The topological polar surface area (TPSA) is 78.4 Å². The molecule has 1 aliphatic rings. The van der Waals surface area contributed by atoms with Gasteiger partial charge in [-0.3, -0.25) is 4.79 Å². The number of carboxylic acids is 1. The zero-order valence-electron chi connectivity index (χ0n) is 10.3. The van der Waals surface area contributed by atoms with Gasteiger partial charge in [0.25, 0.3) is 0 Å². The summed E-state index contributed by atoms with van der Waals surface area (Å²) in [4.78, 5) is 22.7. The first kappa shape index (κ1) is 13.8. The maximum atomic E-state index is 11.8. The van der Waals surface area contributed by atoms with Crippen LogP contribution in [0.15, 0.2) is 18.2 Å². The molecular formula is C13H15ClN2O3. The number of nitrogens with one attached hydrogen (secondary N) is 2. The van der Waals surface area contributed by atoms with Crippen LogP contribution in [0.1, 0.15) is 29.6 Å². The predicted octanol–water partition coefficient (Wildman–Crippen LogP) is 2.12. The number of halogens is 1. The quantitative estimate of drug-likeness (QED) is 0.790. The van der Waals surface area contributed by atoms with E-state index in [0.29, 0.717) is 17.1 Å². The van der Waals surface area contributed by atoms with Gasteiger partial charge < -0.3 is 15.7 Å². The van der Waals surface area contributed by atoms with E-state index in [1.807, 2.05) is 0 Å². The first-order chi connectivity index (χ1) is 9.06. The average Bonchev–Trinajstić information content (AvgIpc) is 2.84. The molecule has 19 heavy (non-hydrogen) atoms. The Hall–Kier alpha value is -1.59. The van der Waals surface area contributed by atoms with Gasteiger partial charge in [-0.1, -0.05) is 11.6 Å². The lowest BCUT2D eigenvalue weighted by molar-refractivity contribution is -0.116. The van der Waals surface area contributed by atoms with Gasteiger partial charge in [0.2, 0.25) is 5.91 Å². The number of aromatic carboxylic acids is 1. The number of benzene rings is 1.